The number of halogens is 1. The van der Waals surface area contributed by atoms with E-state index < -0.39 is 0 Å². The van der Waals surface area contributed by atoms with Crippen LogP contribution in [-0.2, 0) is 14.1 Å². The third-order valence-corrected chi connectivity index (χ3v) is 4.41. The second-order valence-corrected chi connectivity index (χ2v) is 5.98. The number of para-hydroxylation sites is 1. The van der Waals surface area contributed by atoms with Crippen LogP contribution in [0.3, 0.4) is 0 Å². The maximum atomic E-state index is 2.27. The van der Waals surface area contributed by atoms with Gasteiger partial charge in [-0.3, -0.25) is 0 Å². The van der Waals surface area contributed by atoms with Crippen LogP contribution in [0.2, 0.25) is 0 Å². The van der Waals surface area contributed by atoms with Gasteiger partial charge in [-0.2, -0.15) is 0 Å². The van der Waals surface area contributed by atoms with Crippen LogP contribution in [0, 0.1) is 0 Å². The van der Waals surface area contributed by atoms with Crippen LogP contribution in [0.1, 0.15) is 11.1 Å². The molecule has 0 aliphatic heterocycles. The lowest BCUT2D eigenvalue weighted by molar-refractivity contribution is -0.671. The molecule has 0 atom stereocenters. The average molecular weight is 426 g/mol. The fraction of sp³-hybridized carbons (Fsp3) is 0.0952. The van der Waals surface area contributed by atoms with Gasteiger partial charge in [0.1, 0.15) is 7.05 Å². The Balaban J connectivity index is 0.00000169. The van der Waals surface area contributed by atoms with Crippen LogP contribution in [-0.4, -0.2) is 4.57 Å². The molecule has 0 bridgehead atoms. The van der Waals surface area contributed by atoms with E-state index in [1.807, 2.05) is 11.6 Å². The number of rotatable bonds is 2. The van der Waals surface area contributed by atoms with Crippen molar-refractivity contribution in [3.63, 3.8) is 0 Å². The van der Waals surface area contributed by atoms with Gasteiger partial charge in [0, 0.05) is 41.0 Å². The van der Waals surface area contributed by atoms with Crippen molar-refractivity contribution in [2.24, 2.45) is 14.1 Å². The summed E-state index contributed by atoms with van der Waals surface area (Å²) < 4.78 is 4.31. The van der Waals surface area contributed by atoms with Crippen LogP contribution in [0.15, 0.2) is 67.0 Å². The van der Waals surface area contributed by atoms with Gasteiger partial charge in [-0.15, -0.1) is 0 Å². The number of aromatic nitrogens is 2. The Morgan fingerprint density at radius 2 is 1.46 bits per heavy atom. The van der Waals surface area contributed by atoms with E-state index in [0.29, 0.717) is 0 Å². The molecule has 2 heterocycles. The predicted octanol–water partition coefficient (Wildman–Crippen LogP) is 1.33. The summed E-state index contributed by atoms with van der Waals surface area (Å²) in [5.41, 5.74) is 4.98. The summed E-state index contributed by atoms with van der Waals surface area (Å²) in [7, 11) is 4.16. The van der Waals surface area contributed by atoms with Crippen molar-refractivity contribution in [2.45, 2.75) is 0 Å². The Kier molecular flexibility index (Phi) is 4.71. The Morgan fingerprint density at radius 1 is 0.792 bits per heavy atom. The minimum absolute atomic E-state index is 0. The largest absolute Gasteiger partial charge is 1.00 e. The molecule has 24 heavy (non-hydrogen) atoms. The minimum atomic E-state index is 0. The van der Waals surface area contributed by atoms with Crippen molar-refractivity contribution in [3.05, 3.63) is 78.1 Å². The van der Waals surface area contributed by atoms with Gasteiger partial charge in [-0.25, -0.2) is 4.57 Å². The zero-order valence-electron chi connectivity index (χ0n) is 13.8. The van der Waals surface area contributed by atoms with Crippen molar-refractivity contribution in [1.29, 1.82) is 0 Å². The van der Waals surface area contributed by atoms with Gasteiger partial charge < -0.3 is 28.5 Å². The maximum Gasteiger partial charge on any atom is 0.169 e. The molecular formula is C21H19IN2. The van der Waals surface area contributed by atoms with Crippen LogP contribution in [0.4, 0.5) is 0 Å². The Bertz CT molecular complexity index is 1030. The molecule has 0 saturated carbocycles. The van der Waals surface area contributed by atoms with Gasteiger partial charge in [0.25, 0.3) is 0 Å². The molecule has 0 aliphatic carbocycles. The molecule has 2 aromatic carbocycles. The molecule has 0 aliphatic rings. The van der Waals surface area contributed by atoms with Gasteiger partial charge in [0.15, 0.2) is 12.4 Å². The third kappa shape index (κ3) is 2.96. The third-order valence-electron chi connectivity index (χ3n) is 4.41. The van der Waals surface area contributed by atoms with E-state index in [1.54, 1.807) is 0 Å². The minimum Gasteiger partial charge on any atom is -1.00 e. The summed E-state index contributed by atoms with van der Waals surface area (Å²) in [6.45, 7) is 0. The first-order valence-corrected chi connectivity index (χ1v) is 7.83. The second-order valence-electron chi connectivity index (χ2n) is 5.98. The highest BCUT2D eigenvalue weighted by atomic mass is 127. The van der Waals surface area contributed by atoms with Gasteiger partial charge in [-0.05, 0) is 23.3 Å². The maximum absolute atomic E-state index is 2.27. The van der Waals surface area contributed by atoms with Crippen molar-refractivity contribution < 1.29 is 28.5 Å². The SMILES string of the molecule is Cn1c2ccccc2c2ccc(/C=C/c3cc[n+](C)cc3)cc21.[I-]. The fourth-order valence-electron chi connectivity index (χ4n) is 3.10. The van der Waals surface area contributed by atoms with E-state index in [1.165, 1.54) is 32.9 Å². The lowest BCUT2D eigenvalue weighted by Gasteiger charge is -1.99. The Labute approximate surface area is 159 Å². The van der Waals surface area contributed by atoms with Crippen molar-refractivity contribution in [2.75, 3.05) is 0 Å². The van der Waals surface area contributed by atoms with Crippen molar-refractivity contribution >= 4 is 34.0 Å². The van der Waals surface area contributed by atoms with Crippen molar-refractivity contribution in [1.82, 2.24) is 4.57 Å². The first-order valence-electron chi connectivity index (χ1n) is 7.83. The summed E-state index contributed by atoms with van der Waals surface area (Å²) in [4.78, 5) is 0. The van der Waals surface area contributed by atoms with E-state index in [-0.39, 0.29) is 24.0 Å². The van der Waals surface area contributed by atoms with E-state index >= 15 is 0 Å². The molecular weight excluding hydrogens is 407 g/mol. The van der Waals surface area contributed by atoms with Crippen molar-refractivity contribution in [3.8, 4) is 0 Å². The molecule has 0 N–H and O–H groups in total. The molecule has 2 nitrogen and oxygen atoms in total. The molecule has 0 saturated heterocycles. The van der Waals surface area contributed by atoms with Crippen LogP contribution in [0.25, 0.3) is 34.0 Å². The number of hydrogen-bond acceptors (Lipinski definition) is 0. The van der Waals surface area contributed by atoms with Gasteiger partial charge in [-0.1, -0.05) is 42.5 Å². The molecule has 0 radical (unpaired) electrons. The summed E-state index contributed by atoms with van der Waals surface area (Å²) >= 11 is 0. The lowest BCUT2D eigenvalue weighted by Crippen LogP contribution is -3.00. The second kappa shape index (κ2) is 6.77. The van der Waals surface area contributed by atoms with E-state index in [9.17, 15) is 0 Å². The molecule has 0 amide bonds. The highest BCUT2D eigenvalue weighted by Gasteiger charge is 2.07. The number of pyridine rings is 1. The highest BCUT2D eigenvalue weighted by Crippen LogP contribution is 2.28. The first-order chi connectivity index (χ1) is 11.2. The predicted molar refractivity (Wildman–Crippen MR) is 97.0 cm³/mol. The number of aryl methyl sites for hydroxylation is 2. The smallest absolute Gasteiger partial charge is 0.169 e. The molecule has 2 aromatic heterocycles. The molecule has 4 aromatic rings. The standard InChI is InChI=1S/C21H19N2.HI/c1-22-13-11-16(12-14-22)7-8-17-9-10-19-18-5-3-4-6-20(18)23(2)21(19)15-17;/h3-15H,1-2H3;1H/q+1;/p-1. The molecule has 0 unspecified atom stereocenters. The van der Waals surface area contributed by atoms with Gasteiger partial charge in [0.2, 0.25) is 0 Å². The Morgan fingerprint density at radius 3 is 2.25 bits per heavy atom. The van der Waals surface area contributed by atoms with E-state index in [2.05, 4.69) is 90.8 Å². The first kappa shape index (κ1) is 16.7. The summed E-state index contributed by atoms with van der Waals surface area (Å²) in [5.74, 6) is 0. The highest BCUT2D eigenvalue weighted by molar-refractivity contribution is 6.08. The molecule has 0 spiro atoms. The molecule has 120 valence electrons. The number of benzene rings is 2. The molecule has 3 heteroatoms. The Hall–Kier alpha value is -2.14. The van der Waals surface area contributed by atoms with Gasteiger partial charge in [0.05, 0.1) is 0 Å². The van der Waals surface area contributed by atoms with Crippen LogP contribution >= 0.6 is 0 Å². The summed E-state index contributed by atoms with van der Waals surface area (Å²) in [6.07, 6.45) is 8.45. The molecule has 0 fully saturated rings. The van der Waals surface area contributed by atoms with Crippen LogP contribution < -0.4 is 28.5 Å². The van der Waals surface area contributed by atoms with Gasteiger partial charge >= 0.3 is 0 Å². The number of hydrogen-bond donors (Lipinski definition) is 0. The number of nitrogens with zero attached hydrogens (tertiary/aromatic N) is 2. The monoisotopic (exact) mass is 426 g/mol. The fourth-order valence-corrected chi connectivity index (χ4v) is 3.10. The van der Waals surface area contributed by atoms with Crippen LogP contribution in [0.5, 0.6) is 0 Å². The zero-order valence-corrected chi connectivity index (χ0v) is 15.9. The normalized spacial score (nSPS) is 11.2. The number of fused-ring (bicyclic) bond motifs is 3. The van der Waals surface area contributed by atoms with E-state index in [4.69, 9.17) is 0 Å². The van der Waals surface area contributed by atoms with E-state index in [0.717, 1.165) is 0 Å². The topological polar surface area (TPSA) is 8.81 Å². The lowest BCUT2D eigenvalue weighted by atomic mass is 10.1. The summed E-state index contributed by atoms with van der Waals surface area (Å²) in [6, 6.07) is 19.5. The molecule has 4 rings (SSSR count). The zero-order chi connectivity index (χ0) is 15.8. The average Bonchev–Trinajstić information content (AvgIpc) is 2.87. The summed E-state index contributed by atoms with van der Waals surface area (Å²) in [5, 5.41) is 2.63. The quantitative estimate of drug-likeness (QED) is 0.338.